The highest BCUT2D eigenvalue weighted by atomic mass is 19.2. The molecule has 0 aliphatic heterocycles. The summed E-state index contributed by atoms with van der Waals surface area (Å²) < 4.78 is 96.3. The monoisotopic (exact) mass is 370 g/mol. The minimum absolute atomic E-state index is 0.969. The second-order valence-electron chi connectivity index (χ2n) is 4.53. The van der Waals surface area contributed by atoms with Crippen LogP contribution in [0.1, 0.15) is 0 Å². The molecule has 2 aromatic rings. The van der Waals surface area contributed by atoms with Crippen molar-refractivity contribution in [3.63, 3.8) is 0 Å². The second-order valence-corrected chi connectivity index (χ2v) is 4.53. The lowest BCUT2D eigenvalue weighted by Gasteiger charge is -2.13. The van der Waals surface area contributed by atoms with Gasteiger partial charge in [-0.15, -0.1) is 0 Å². The van der Waals surface area contributed by atoms with Crippen molar-refractivity contribution in [3.05, 3.63) is 52.0 Å². The molecule has 11 heteroatoms. The highest BCUT2D eigenvalue weighted by molar-refractivity contribution is 5.89. The number of allylic oxidation sites excluding steroid dienone is 2. The van der Waals surface area contributed by atoms with Crippen LogP contribution >= 0.6 is 0 Å². The first-order valence-corrected chi connectivity index (χ1v) is 6.24. The third-order valence-corrected chi connectivity index (χ3v) is 3.17. The van der Waals surface area contributed by atoms with Gasteiger partial charge >= 0.3 is 0 Å². The van der Waals surface area contributed by atoms with E-state index in [1.807, 2.05) is 0 Å². The van der Waals surface area contributed by atoms with Crippen LogP contribution < -0.4 is 5.32 Å². The van der Waals surface area contributed by atoms with E-state index in [4.69, 9.17) is 15.8 Å². The molecule has 0 aromatic heterocycles. The quantitative estimate of drug-likeness (QED) is 0.374. The first-order valence-electron chi connectivity index (χ1n) is 6.24. The van der Waals surface area contributed by atoms with E-state index in [1.54, 1.807) is 5.32 Å². The van der Waals surface area contributed by atoms with E-state index in [9.17, 15) is 30.7 Å². The average molecular weight is 370 g/mol. The predicted octanol–water partition coefficient (Wildman–Crippen LogP) is 4.05. The number of benzene rings is 2. The fourth-order valence-corrected chi connectivity index (χ4v) is 2.00. The number of hydrogen-bond acceptors (Lipinski definition) is 4. The van der Waals surface area contributed by atoms with E-state index in [-0.39, 0.29) is 0 Å². The molecule has 1 N–H and O–H groups in total. The van der Waals surface area contributed by atoms with Crippen LogP contribution in [0, 0.1) is 74.7 Å². The van der Waals surface area contributed by atoms with Crippen LogP contribution in [0.3, 0.4) is 0 Å². The molecule has 0 saturated heterocycles. The third-order valence-electron chi connectivity index (χ3n) is 3.17. The minimum Gasteiger partial charge on any atom is -0.340 e. The molecule has 0 spiro atoms. The zero-order valence-corrected chi connectivity index (χ0v) is 12.0. The molecule has 0 saturated carbocycles. The van der Waals surface area contributed by atoms with Crippen LogP contribution in [0.4, 0.5) is 36.4 Å². The van der Waals surface area contributed by atoms with Crippen molar-refractivity contribution >= 4 is 16.5 Å². The highest BCUT2D eigenvalue weighted by Crippen LogP contribution is 2.37. The zero-order chi connectivity index (χ0) is 19.8. The molecule has 0 amide bonds. The van der Waals surface area contributed by atoms with Crippen molar-refractivity contribution in [2.24, 2.45) is 0 Å². The Morgan fingerprint density at radius 3 is 1.42 bits per heavy atom. The first kappa shape index (κ1) is 18.6. The van der Waals surface area contributed by atoms with Gasteiger partial charge in [0.25, 0.3) is 0 Å². The van der Waals surface area contributed by atoms with Crippen LogP contribution in [0.2, 0.25) is 0 Å². The van der Waals surface area contributed by atoms with Crippen LogP contribution in [0.15, 0.2) is 11.3 Å². The SMILES string of the molecule is N#CC(C#N)=C(C#N)Nc1c(F)c(F)c2c(F)c(F)c(F)c(F)c2c1F. The number of rotatable bonds is 2. The Bertz CT molecular complexity index is 1100. The number of anilines is 1. The Labute approximate surface area is 139 Å². The normalized spacial score (nSPS) is 10.0. The van der Waals surface area contributed by atoms with Crippen molar-refractivity contribution in [2.45, 2.75) is 0 Å². The molecule has 0 bridgehead atoms. The summed E-state index contributed by atoms with van der Waals surface area (Å²) in [5, 5.41) is 24.0. The second kappa shape index (κ2) is 6.61. The van der Waals surface area contributed by atoms with Gasteiger partial charge in [0.15, 0.2) is 46.3 Å². The van der Waals surface area contributed by atoms with Crippen LogP contribution in [0.25, 0.3) is 10.8 Å². The Hall–Kier alpha value is -3.78. The molecule has 0 radical (unpaired) electrons. The molecule has 4 nitrogen and oxygen atoms in total. The molecule has 0 fully saturated rings. The molecule has 130 valence electrons. The highest BCUT2D eigenvalue weighted by Gasteiger charge is 2.31. The summed E-state index contributed by atoms with van der Waals surface area (Å²) in [5.41, 5.74) is -3.63. The Morgan fingerprint density at radius 1 is 0.577 bits per heavy atom. The van der Waals surface area contributed by atoms with Crippen molar-refractivity contribution in [2.75, 3.05) is 5.32 Å². The largest absolute Gasteiger partial charge is 0.340 e. The maximum absolute atomic E-state index is 14.4. The molecular formula is C15HF7N4. The first-order chi connectivity index (χ1) is 12.2. The predicted molar refractivity (Wildman–Crippen MR) is 71.1 cm³/mol. The number of fused-ring (bicyclic) bond motifs is 1. The summed E-state index contributed by atoms with van der Waals surface area (Å²) in [6.45, 7) is 0. The fourth-order valence-electron chi connectivity index (χ4n) is 2.00. The van der Waals surface area contributed by atoms with Gasteiger partial charge in [-0.1, -0.05) is 0 Å². The van der Waals surface area contributed by atoms with Gasteiger partial charge in [-0.05, 0) is 0 Å². The van der Waals surface area contributed by atoms with Gasteiger partial charge in [0.05, 0.1) is 10.8 Å². The standard InChI is InChI=1S/C15HF7N4/c16-8-6-7(9(17)13(21)12(8)20)11(19)15(14(22)10(6)18)26-5(3-25)4(1-23)2-24/h26H. The molecule has 0 aliphatic carbocycles. The van der Waals surface area contributed by atoms with Crippen molar-refractivity contribution < 1.29 is 30.7 Å². The molecule has 0 atom stereocenters. The fraction of sp³-hybridized carbons (Fsp3) is 0. The summed E-state index contributed by atoms with van der Waals surface area (Å²) in [7, 11) is 0. The van der Waals surface area contributed by atoms with Crippen molar-refractivity contribution in [1.29, 1.82) is 15.8 Å². The van der Waals surface area contributed by atoms with Gasteiger partial charge in [-0.25, -0.2) is 30.7 Å². The lowest BCUT2D eigenvalue weighted by molar-refractivity contribution is 0.412. The van der Waals surface area contributed by atoms with Gasteiger partial charge in [0, 0.05) is 0 Å². The summed E-state index contributed by atoms with van der Waals surface area (Å²) in [6, 6.07) is 3.59. The maximum atomic E-state index is 14.4. The Kier molecular flexibility index (Phi) is 4.72. The number of nitriles is 3. The van der Waals surface area contributed by atoms with Crippen LogP contribution in [-0.2, 0) is 0 Å². The van der Waals surface area contributed by atoms with Gasteiger partial charge in [0.1, 0.15) is 29.6 Å². The van der Waals surface area contributed by atoms with Gasteiger partial charge < -0.3 is 5.32 Å². The van der Waals surface area contributed by atoms with Crippen LogP contribution in [0.5, 0.6) is 0 Å². The topological polar surface area (TPSA) is 83.4 Å². The summed E-state index contributed by atoms with van der Waals surface area (Å²) in [4.78, 5) is 0. The molecule has 0 heterocycles. The van der Waals surface area contributed by atoms with E-state index in [2.05, 4.69) is 0 Å². The van der Waals surface area contributed by atoms with Crippen molar-refractivity contribution in [1.82, 2.24) is 0 Å². The Morgan fingerprint density at radius 2 is 1.00 bits per heavy atom. The maximum Gasteiger partial charge on any atom is 0.198 e. The third kappa shape index (κ3) is 2.54. The molecule has 26 heavy (non-hydrogen) atoms. The summed E-state index contributed by atoms with van der Waals surface area (Å²) >= 11 is 0. The van der Waals surface area contributed by atoms with Gasteiger partial charge in [-0.2, -0.15) is 15.8 Å². The smallest absolute Gasteiger partial charge is 0.198 e. The molecule has 2 rings (SSSR count). The van der Waals surface area contributed by atoms with E-state index in [0.717, 1.165) is 0 Å². The Balaban J connectivity index is 2.97. The van der Waals surface area contributed by atoms with Gasteiger partial charge in [0.2, 0.25) is 0 Å². The lowest BCUT2D eigenvalue weighted by atomic mass is 10.0. The molecule has 0 unspecified atom stereocenters. The molecule has 0 aliphatic rings. The number of halogens is 7. The summed E-state index contributed by atoms with van der Waals surface area (Å²) in [5.74, 6) is -16.3. The van der Waals surface area contributed by atoms with E-state index >= 15 is 0 Å². The lowest BCUT2D eigenvalue weighted by Crippen LogP contribution is -2.10. The number of nitrogens with one attached hydrogen (secondary N) is 1. The van der Waals surface area contributed by atoms with E-state index < -0.39 is 68.5 Å². The van der Waals surface area contributed by atoms with Crippen LogP contribution in [-0.4, -0.2) is 0 Å². The molecular weight excluding hydrogens is 369 g/mol. The van der Waals surface area contributed by atoms with E-state index in [1.165, 1.54) is 18.2 Å². The van der Waals surface area contributed by atoms with Crippen molar-refractivity contribution in [3.8, 4) is 18.2 Å². The van der Waals surface area contributed by atoms with Gasteiger partial charge in [-0.3, -0.25) is 0 Å². The van der Waals surface area contributed by atoms with E-state index in [0.29, 0.717) is 0 Å². The minimum atomic E-state index is -2.48. The zero-order valence-electron chi connectivity index (χ0n) is 12.0. The number of hydrogen-bond donors (Lipinski definition) is 1. The summed E-state index contributed by atoms with van der Waals surface area (Å²) in [6.07, 6.45) is 0. The molecule has 2 aromatic carbocycles. The average Bonchev–Trinajstić information content (AvgIpc) is 2.63. The number of nitrogens with zero attached hydrogens (tertiary/aromatic N) is 3.